The van der Waals surface area contributed by atoms with Gasteiger partial charge in [0.25, 0.3) is 0 Å². The Morgan fingerprint density at radius 3 is 2.20 bits per heavy atom. The minimum absolute atomic E-state index is 0.00422. The van der Waals surface area contributed by atoms with Crippen LogP contribution in [-0.2, 0) is 10.0 Å². The molecule has 1 aliphatic heterocycles. The van der Waals surface area contributed by atoms with Crippen molar-refractivity contribution in [2.75, 3.05) is 58.8 Å². The van der Waals surface area contributed by atoms with Gasteiger partial charge in [-0.15, -0.1) is 0 Å². The molecule has 3 rings (SSSR count). The molecule has 2 aromatic rings. The monoisotopic (exact) mass is 430 g/mol. The Hall–Kier alpha value is -1.93. The van der Waals surface area contributed by atoms with Crippen LogP contribution in [0.1, 0.15) is 22.7 Å². The summed E-state index contributed by atoms with van der Waals surface area (Å²) in [5.74, 6) is 0. The Bertz CT molecular complexity index is 950. The van der Waals surface area contributed by atoms with E-state index in [1.807, 2.05) is 40.1 Å². The molecule has 2 aromatic carbocycles. The molecular weight excluding hydrogens is 396 g/mol. The normalized spacial score (nSPS) is 17.1. The van der Waals surface area contributed by atoms with Crippen LogP contribution in [0.2, 0.25) is 0 Å². The number of hydrogen-bond acceptors (Lipinski definition) is 5. The van der Waals surface area contributed by atoms with Crippen LogP contribution in [0.4, 0.5) is 5.69 Å². The van der Waals surface area contributed by atoms with Crippen LogP contribution in [0.3, 0.4) is 0 Å². The van der Waals surface area contributed by atoms with Crippen molar-refractivity contribution in [2.24, 2.45) is 0 Å². The standard InChI is InChI=1S/C23H34N4O2S/c1-18-6-11-23(19(2)16-18)30(28,29)24-17-22(27-14-12-26(5)13-15-27)20-7-9-21(10-8-20)25(3)4/h6-11,16,22,24H,12-15,17H2,1-5H3/t22-/m1/s1. The van der Waals surface area contributed by atoms with Crippen molar-refractivity contribution in [1.82, 2.24) is 14.5 Å². The zero-order valence-electron chi connectivity index (χ0n) is 18.7. The Labute approximate surface area is 181 Å². The van der Waals surface area contributed by atoms with Crippen LogP contribution in [0.5, 0.6) is 0 Å². The summed E-state index contributed by atoms with van der Waals surface area (Å²) in [6.07, 6.45) is 0. The summed E-state index contributed by atoms with van der Waals surface area (Å²) < 4.78 is 29.0. The summed E-state index contributed by atoms with van der Waals surface area (Å²) in [5.41, 5.74) is 4.09. The average molecular weight is 431 g/mol. The minimum Gasteiger partial charge on any atom is -0.378 e. The fourth-order valence-electron chi connectivity index (χ4n) is 3.95. The fourth-order valence-corrected chi connectivity index (χ4v) is 5.22. The molecule has 1 saturated heterocycles. The predicted molar refractivity (Wildman–Crippen MR) is 124 cm³/mol. The van der Waals surface area contributed by atoms with Gasteiger partial charge in [-0.25, -0.2) is 13.1 Å². The summed E-state index contributed by atoms with van der Waals surface area (Å²) in [7, 11) is 2.59. The van der Waals surface area contributed by atoms with E-state index in [-0.39, 0.29) is 6.04 Å². The zero-order chi connectivity index (χ0) is 21.9. The lowest BCUT2D eigenvalue weighted by molar-refractivity contribution is 0.113. The largest absolute Gasteiger partial charge is 0.378 e. The second kappa shape index (κ2) is 9.47. The molecule has 164 valence electrons. The van der Waals surface area contributed by atoms with Gasteiger partial charge < -0.3 is 9.80 Å². The molecule has 1 heterocycles. The quantitative estimate of drug-likeness (QED) is 0.732. The molecule has 0 saturated carbocycles. The van der Waals surface area contributed by atoms with E-state index >= 15 is 0 Å². The number of sulfonamides is 1. The minimum atomic E-state index is -3.58. The lowest BCUT2D eigenvalue weighted by Gasteiger charge is -2.38. The van der Waals surface area contributed by atoms with E-state index in [1.54, 1.807) is 6.07 Å². The van der Waals surface area contributed by atoms with Gasteiger partial charge >= 0.3 is 0 Å². The first kappa shape index (κ1) is 22.7. The van der Waals surface area contributed by atoms with Crippen LogP contribution in [0.25, 0.3) is 0 Å². The van der Waals surface area contributed by atoms with Gasteiger partial charge in [-0.05, 0) is 50.2 Å². The molecule has 0 unspecified atom stereocenters. The van der Waals surface area contributed by atoms with Crippen molar-refractivity contribution in [3.63, 3.8) is 0 Å². The van der Waals surface area contributed by atoms with Gasteiger partial charge in [0, 0.05) is 58.5 Å². The summed E-state index contributed by atoms with van der Waals surface area (Å²) in [6.45, 7) is 7.97. The molecule has 0 aliphatic carbocycles. The highest BCUT2D eigenvalue weighted by molar-refractivity contribution is 7.89. The van der Waals surface area contributed by atoms with Crippen molar-refractivity contribution in [3.8, 4) is 0 Å². The Morgan fingerprint density at radius 1 is 1.00 bits per heavy atom. The lowest BCUT2D eigenvalue weighted by atomic mass is 10.0. The number of likely N-dealkylation sites (N-methyl/N-ethyl adjacent to an activating group) is 1. The first-order valence-corrected chi connectivity index (χ1v) is 11.9. The number of nitrogens with zero attached hydrogens (tertiary/aromatic N) is 3. The Morgan fingerprint density at radius 2 is 1.63 bits per heavy atom. The second-order valence-corrected chi connectivity index (χ2v) is 10.2. The van der Waals surface area contributed by atoms with Crippen LogP contribution >= 0.6 is 0 Å². The van der Waals surface area contributed by atoms with Crippen LogP contribution in [0.15, 0.2) is 47.4 Å². The van der Waals surface area contributed by atoms with E-state index in [2.05, 4.69) is 50.7 Å². The highest BCUT2D eigenvalue weighted by Gasteiger charge is 2.26. The first-order valence-electron chi connectivity index (χ1n) is 10.4. The molecule has 0 aromatic heterocycles. The maximum Gasteiger partial charge on any atom is 0.240 e. The van der Waals surface area contributed by atoms with Gasteiger partial charge in [-0.1, -0.05) is 29.8 Å². The molecule has 0 amide bonds. The number of anilines is 1. The molecule has 0 bridgehead atoms. The van der Waals surface area contributed by atoms with Crippen molar-refractivity contribution in [2.45, 2.75) is 24.8 Å². The summed E-state index contributed by atoms with van der Waals surface area (Å²) >= 11 is 0. The summed E-state index contributed by atoms with van der Waals surface area (Å²) in [5, 5.41) is 0. The molecule has 0 radical (unpaired) electrons. The maximum atomic E-state index is 13.0. The molecule has 6 nitrogen and oxygen atoms in total. The average Bonchev–Trinajstić information content (AvgIpc) is 2.69. The Kier molecular flexibility index (Phi) is 7.18. The number of nitrogens with one attached hydrogen (secondary N) is 1. The van der Waals surface area contributed by atoms with Gasteiger partial charge in [0.15, 0.2) is 0 Å². The van der Waals surface area contributed by atoms with Crippen LogP contribution < -0.4 is 9.62 Å². The Balaban J connectivity index is 1.83. The van der Waals surface area contributed by atoms with E-state index in [0.29, 0.717) is 11.4 Å². The molecule has 1 N–H and O–H groups in total. The summed E-state index contributed by atoms with van der Waals surface area (Å²) in [4.78, 5) is 7.11. The highest BCUT2D eigenvalue weighted by atomic mass is 32.2. The number of piperazine rings is 1. The third-order valence-electron chi connectivity index (χ3n) is 5.86. The van der Waals surface area contributed by atoms with E-state index in [0.717, 1.165) is 48.6 Å². The predicted octanol–water partition coefficient (Wildman–Crippen LogP) is 2.64. The lowest BCUT2D eigenvalue weighted by Crippen LogP contribution is -2.48. The molecule has 30 heavy (non-hydrogen) atoms. The number of rotatable bonds is 7. The van der Waals surface area contributed by atoms with Crippen molar-refractivity contribution < 1.29 is 8.42 Å². The van der Waals surface area contributed by atoms with Crippen molar-refractivity contribution in [1.29, 1.82) is 0 Å². The molecule has 1 atom stereocenters. The van der Waals surface area contributed by atoms with E-state index < -0.39 is 10.0 Å². The number of benzene rings is 2. The van der Waals surface area contributed by atoms with Crippen LogP contribution in [-0.4, -0.2) is 72.1 Å². The second-order valence-electron chi connectivity index (χ2n) is 8.46. The van der Waals surface area contributed by atoms with E-state index in [9.17, 15) is 8.42 Å². The molecule has 1 fully saturated rings. The number of hydrogen-bond donors (Lipinski definition) is 1. The van der Waals surface area contributed by atoms with Crippen LogP contribution in [0, 0.1) is 13.8 Å². The third-order valence-corrected chi connectivity index (χ3v) is 7.44. The SMILES string of the molecule is Cc1ccc(S(=O)(=O)NC[C@H](c2ccc(N(C)C)cc2)N2CCN(C)CC2)c(C)c1. The molecule has 0 spiro atoms. The van der Waals surface area contributed by atoms with Gasteiger partial charge in [0.1, 0.15) is 0 Å². The van der Waals surface area contributed by atoms with Gasteiger partial charge in [-0.2, -0.15) is 0 Å². The smallest absolute Gasteiger partial charge is 0.240 e. The molecule has 7 heteroatoms. The van der Waals surface area contributed by atoms with Crippen molar-refractivity contribution in [3.05, 3.63) is 59.2 Å². The zero-order valence-corrected chi connectivity index (χ0v) is 19.5. The maximum absolute atomic E-state index is 13.0. The third kappa shape index (κ3) is 5.40. The molecular formula is C23H34N4O2S. The van der Waals surface area contributed by atoms with Gasteiger partial charge in [0.05, 0.1) is 4.90 Å². The first-order chi connectivity index (χ1) is 14.2. The highest BCUT2D eigenvalue weighted by Crippen LogP contribution is 2.25. The van der Waals surface area contributed by atoms with Gasteiger partial charge in [-0.3, -0.25) is 4.90 Å². The number of aryl methyl sites for hydroxylation is 2. The van der Waals surface area contributed by atoms with Gasteiger partial charge in [0.2, 0.25) is 10.0 Å². The van der Waals surface area contributed by atoms with E-state index in [4.69, 9.17) is 0 Å². The topological polar surface area (TPSA) is 55.9 Å². The molecule has 1 aliphatic rings. The summed E-state index contributed by atoms with van der Waals surface area (Å²) in [6, 6.07) is 13.9. The van der Waals surface area contributed by atoms with E-state index in [1.165, 1.54) is 0 Å². The van der Waals surface area contributed by atoms with Crippen molar-refractivity contribution >= 4 is 15.7 Å². The fraction of sp³-hybridized carbons (Fsp3) is 0.478.